The minimum atomic E-state index is -2.35. The largest absolute Gasteiger partial charge is 0.364 e. The van der Waals surface area contributed by atoms with Gasteiger partial charge in [0, 0.05) is 0 Å². The maximum Gasteiger partial charge on any atom is 0.255 e. The zero-order chi connectivity index (χ0) is 12.3. The first-order valence-electron chi connectivity index (χ1n) is 5.86. The van der Waals surface area contributed by atoms with E-state index < -0.39 is 6.43 Å². The smallest absolute Gasteiger partial charge is 0.255 e. The van der Waals surface area contributed by atoms with Crippen LogP contribution in [0.15, 0.2) is 18.2 Å². The van der Waals surface area contributed by atoms with E-state index in [1.807, 2.05) is 12.1 Å². The molecule has 1 atom stereocenters. The van der Waals surface area contributed by atoms with Crippen LogP contribution in [0.4, 0.5) is 14.6 Å². The molecule has 1 unspecified atom stereocenters. The lowest BCUT2D eigenvalue weighted by Crippen LogP contribution is -2.19. The zero-order valence-electron chi connectivity index (χ0n) is 9.87. The van der Waals surface area contributed by atoms with Crippen molar-refractivity contribution in [2.45, 2.75) is 25.3 Å². The highest BCUT2D eigenvalue weighted by molar-refractivity contribution is 5.36. The summed E-state index contributed by atoms with van der Waals surface area (Å²) in [6.45, 7) is 0.720. The van der Waals surface area contributed by atoms with Gasteiger partial charge in [0.05, 0.1) is 18.3 Å². The number of hydrogen-bond acceptors (Lipinski definition) is 3. The highest BCUT2D eigenvalue weighted by Gasteiger charge is 2.23. The third-order valence-corrected chi connectivity index (χ3v) is 3.07. The van der Waals surface area contributed by atoms with Crippen LogP contribution in [-0.2, 0) is 0 Å². The van der Waals surface area contributed by atoms with Crippen molar-refractivity contribution in [2.24, 2.45) is 0 Å². The maximum atomic E-state index is 12.1. The van der Waals surface area contributed by atoms with Gasteiger partial charge in [-0.2, -0.15) is 0 Å². The molecule has 1 fully saturated rings. The molecular weight excluding hydrogens is 224 g/mol. The Hall–Kier alpha value is -1.23. The van der Waals surface area contributed by atoms with Gasteiger partial charge in [0.1, 0.15) is 5.82 Å². The normalized spacial score (nSPS) is 21.1. The van der Waals surface area contributed by atoms with E-state index in [2.05, 4.69) is 22.2 Å². The molecule has 5 heteroatoms. The van der Waals surface area contributed by atoms with Crippen molar-refractivity contribution in [3.63, 3.8) is 0 Å². The minimum Gasteiger partial charge on any atom is -0.364 e. The number of halogens is 2. The Morgan fingerprint density at radius 1 is 1.53 bits per heavy atom. The lowest BCUT2D eigenvalue weighted by Gasteiger charge is -2.19. The fourth-order valence-corrected chi connectivity index (χ4v) is 2.20. The van der Waals surface area contributed by atoms with Crippen molar-refractivity contribution in [1.29, 1.82) is 0 Å². The van der Waals surface area contributed by atoms with Crippen LogP contribution in [0, 0.1) is 0 Å². The summed E-state index contributed by atoms with van der Waals surface area (Å²) in [4.78, 5) is 6.64. The van der Waals surface area contributed by atoms with Gasteiger partial charge >= 0.3 is 0 Å². The van der Waals surface area contributed by atoms with Gasteiger partial charge in [-0.05, 0) is 38.6 Å². The van der Waals surface area contributed by atoms with Crippen LogP contribution in [0.3, 0.4) is 0 Å². The summed E-state index contributed by atoms with van der Waals surface area (Å²) in [5, 5.41) is 2.64. The molecule has 0 aliphatic carbocycles. The van der Waals surface area contributed by atoms with Gasteiger partial charge in [-0.15, -0.1) is 0 Å². The van der Waals surface area contributed by atoms with E-state index in [0.717, 1.165) is 25.1 Å². The summed E-state index contributed by atoms with van der Waals surface area (Å²) in [5.74, 6) is 0.531. The Bertz CT molecular complexity index is 371. The molecule has 0 amide bonds. The van der Waals surface area contributed by atoms with Gasteiger partial charge in [-0.25, -0.2) is 13.8 Å². The van der Waals surface area contributed by atoms with E-state index >= 15 is 0 Å². The first-order valence-corrected chi connectivity index (χ1v) is 5.86. The van der Waals surface area contributed by atoms with Crippen LogP contribution in [0.5, 0.6) is 0 Å². The number of anilines is 1. The third-order valence-electron chi connectivity index (χ3n) is 3.07. The molecule has 3 nitrogen and oxygen atoms in total. The summed E-state index contributed by atoms with van der Waals surface area (Å²) in [5.41, 5.74) is 0.962. The van der Waals surface area contributed by atoms with Crippen molar-refractivity contribution >= 4 is 5.82 Å². The SMILES string of the molecule is CN1CCCC1c1cccc(NCC(F)F)n1. The number of rotatable bonds is 4. The molecule has 0 spiro atoms. The van der Waals surface area contributed by atoms with Crippen LogP contribution in [-0.4, -0.2) is 36.4 Å². The average Bonchev–Trinajstić information content (AvgIpc) is 2.73. The maximum absolute atomic E-state index is 12.1. The molecule has 1 N–H and O–H groups in total. The van der Waals surface area contributed by atoms with E-state index in [0.29, 0.717) is 11.9 Å². The molecule has 0 radical (unpaired) electrons. The van der Waals surface area contributed by atoms with E-state index in [9.17, 15) is 8.78 Å². The Morgan fingerprint density at radius 3 is 3.00 bits per heavy atom. The molecule has 94 valence electrons. The first-order chi connectivity index (χ1) is 8.16. The molecule has 1 aliphatic heterocycles. The van der Waals surface area contributed by atoms with Gasteiger partial charge < -0.3 is 5.32 Å². The predicted octanol–water partition coefficient (Wildman–Crippen LogP) is 2.53. The molecule has 0 aromatic carbocycles. The highest BCUT2D eigenvalue weighted by Crippen LogP contribution is 2.29. The van der Waals surface area contributed by atoms with Crippen LogP contribution < -0.4 is 5.32 Å². The number of alkyl halides is 2. The number of hydrogen-bond donors (Lipinski definition) is 1. The molecule has 0 saturated carbocycles. The topological polar surface area (TPSA) is 28.2 Å². The number of pyridine rings is 1. The molecule has 2 heterocycles. The van der Waals surface area contributed by atoms with Crippen molar-refractivity contribution in [2.75, 3.05) is 25.5 Å². The van der Waals surface area contributed by atoms with Crippen LogP contribution >= 0.6 is 0 Å². The summed E-state index contributed by atoms with van der Waals surface area (Å²) in [6.07, 6.45) is -0.103. The van der Waals surface area contributed by atoms with Crippen LogP contribution in [0.1, 0.15) is 24.6 Å². The summed E-state index contributed by atoms with van der Waals surface area (Å²) in [6, 6.07) is 5.87. The number of likely N-dealkylation sites (tertiary alicyclic amines) is 1. The Kier molecular flexibility index (Phi) is 3.89. The van der Waals surface area contributed by atoms with Gasteiger partial charge in [0.2, 0.25) is 0 Å². The van der Waals surface area contributed by atoms with Crippen molar-refractivity contribution in [3.8, 4) is 0 Å². The van der Waals surface area contributed by atoms with E-state index in [1.54, 1.807) is 6.07 Å². The van der Waals surface area contributed by atoms with Crippen molar-refractivity contribution < 1.29 is 8.78 Å². The summed E-state index contributed by atoms with van der Waals surface area (Å²) < 4.78 is 24.2. The number of aromatic nitrogens is 1. The van der Waals surface area contributed by atoms with Crippen LogP contribution in [0.2, 0.25) is 0 Å². The van der Waals surface area contributed by atoms with Crippen LogP contribution in [0.25, 0.3) is 0 Å². The summed E-state index contributed by atoms with van der Waals surface area (Å²) >= 11 is 0. The van der Waals surface area contributed by atoms with E-state index in [1.165, 1.54) is 0 Å². The fourth-order valence-electron chi connectivity index (χ4n) is 2.20. The molecule has 1 aliphatic rings. The van der Waals surface area contributed by atoms with Crippen molar-refractivity contribution in [1.82, 2.24) is 9.88 Å². The predicted molar refractivity (Wildman–Crippen MR) is 63.3 cm³/mol. The minimum absolute atomic E-state index is 0.322. The second-order valence-electron chi connectivity index (χ2n) is 4.36. The fraction of sp³-hybridized carbons (Fsp3) is 0.583. The molecular formula is C12H17F2N3. The summed E-state index contributed by atoms with van der Waals surface area (Å²) in [7, 11) is 2.07. The number of nitrogens with zero attached hydrogens (tertiary/aromatic N) is 2. The average molecular weight is 241 g/mol. The van der Waals surface area contributed by atoms with Gasteiger partial charge in [0.15, 0.2) is 0 Å². The lowest BCUT2D eigenvalue weighted by atomic mass is 10.1. The Morgan fingerprint density at radius 2 is 2.35 bits per heavy atom. The third kappa shape index (κ3) is 3.12. The van der Waals surface area contributed by atoms with E-state index in [4.69, 9.17) is 0 Å². The van der Waals surface area contributed by atoms with E-state index in [-0.39, 0.29) is 6.54 Å². The molecule has 1 aromatic heterocycles. The monoisotopic (exact) mass is 241 g/mol. The molecule has 1 saturated heterocycles. The molecule has 2 rings (SSSR count). The van der Waals surface area contributed by atoms with Gasteiger partial charge in [-0.1, -0.05) is 6.07 Å². The Balaban J connectivity index is 2.05. The molecule has 0 bridgehead atoms. The first kappa shape index (κ1) is 12.2. The zero-order valence-corrected chi connectivity index (χ0v) is 9.87. The second kappa shape index (κ2) is 5.40. The lowest BCUT2D eigenvalue weighted by molar-refractivity contribution is 0.163. The Labute approximate surface area is 99.8 Å². The molecule has 1 aromatic rings. The molecule has 17 heavy (non-hydrogen) atoms. The van der Waals surface area contributed by atoms with Crippen molar-refractivity contribution in [3.05, 3.63) is 23.9 Å². The number of nitrogens with one attached hydrogen (secondary N) is 1. The second-order valence-corrected chi connectivity index (χ2v) is 4.36. The quantitative estimate of drug-likeness (QED) is 0.878. The van der Waals surface area contributed by atoms with Gasteiger partial charge in [0.25, 0.3) is 6.43 Å². The highest BCUT2D eigenvalue weighted by atomic mass is 19.3. The standard InChI is InChI=1S/C12H17F2N3/c1-17-7-3-5-10(17)9-4-2-6-12(16-9)15-8-11(13)14/h2,4,6,10-11H,3,5,7-8H2,1H3,(H,15,16). The van der Waals surface area contributed by atoms with Gasteiger partial charge in [-0.3, -0.25) is 4.90 Å².